The molecule has 3 aromatic carbocycles. The Labute approximate surface area is 271 Å². The quantitative estimate of drug-likeness (QED) is 0.116. The minimum absolute atomic E-state index is 0.0348. The number of ether oxygens (including phenoxy) is 1. The molecule has 3 atom stereocenters. The number of amides is 2. The molecule has 0 bridgehead atoms. The number of sulfone groups is 1. The predicted octanol–water partition coefficient (Wildman–Crippen LogP) is 5.73. The zero-order chi connectivity index (χ0) is 33.0. The summed E-state index contributed by atoms with van der Waals surface area (Å²) < 4.78 is 33.0. The van der Waals surface area contributed by atoms with Crippen LogP contribution in [-0.4, -0.2) is 33.1 Å². The molecular weight excluding hydrogens is 602 g/mol. The Balaban J connectivity index is 1.87. The summed E-state index contributed by atoms with van der Waals surface area (Å²) in [6.45, 7) is 4.25. The summed E-state index contributed by atoms with van der Waals surface area (Å²) >= 11 is 0. The molecular formula is C36H43N3O6S. The number of hydroxylamine groups is 1. The van der Waals surface area contributed by atoms with Crippen molar-refractivity contribution in [3.05, 3.63) is 119 Å². The summed E-state index contributed by atoms with van der Waals surface area (Å²) in [4.78, 5) is 33.2. The zero-order valence-electron chi connectivity index (χ0n) is 26.4. The maximum Gasteiger partial charge on any atom is 0.260 e. The first-order valence-corrected chi connectivity index (χ1v) is 17.1. The maximum atomic E-state index is 14.7. The molecule has 9 nitrogen and oxygen atoms in total. The highest BCUT2D eigenvalue weighted by molar-refractivity contribution is 7.96. The SMILES string of the molecule is CCC[C@](C(=O)NN)(c1ccccc1)S(=O)(=O)/C=C(/c1ccc(C)cc1)[C@H](C/C=C/c1ccccc1)C(=O)NOC1CCCCO1. The Morgan fingerprint density at radius 2 is 1.70 bits per heavy atom. The minimum Gasteiger partial charge on any atom is -0.350 e. The van der Waals surface area contributed by atoms with Gasteiger partial charge >= 0.3 is 0 Å². The van der Waals surface area contributed by atoms with Gasteiger partial charge in [-0.3, -0.25) is 15.0 Å². The van der Waals surface area contributed by atoms with Crippen molar-refractivity contribution in [1.29, 1.82) is 0 Å². The average Bonchev–Trinajstić information content (AvgIpc) is 3.08. The molecule has 4 N–H and O–H groups in total. The highest BCUT2D eigenvalue weighted by Gasteiger charge is 2.50. The fourth-order valence-electron chi connectivity index (χ4n) is 5.64. The molecule has 1 aliphatic heterocycles. The molecule has 244 valence electrons. The molecule has 4 rings (SSSR count). The van der Waals surface area contributed by atoms with E-state index in [0.717, 1.165) is 29.4 Å². The van der Waals surface area contributed by atoms with Crippen molar-refractivity contribution < 1.29 is 27.6 Å². The van der Waals surface area contributed by atoms with Crippen molar-refractivity contribution in [2.45, 2.75) is 63.4 Å². The van der Waals surface area contributed by atoms with Crippen LogP contribution in [0.2, 0.25) is 0 Å². The van der Waals surface area contributed by atoms with Gasteiger partial charge in [0.2, 0.25) is 0 Å². The van der Waals surface area contributed by atoms with Gasteiger partial charge < -0.3 is 4.74 Å². The number of hydrazine groups is 1. The molecule has 0 spiro atoms. The molecule has 10 heteroatoms. The summed E-state index contributed by atoms with van der Waals surface area (Å²) in [5.41, 5.74) is 7.54. The summed E-state index contributed by atoms with van der Waals surface area (Å²) in [5.74, 6) is 3.22. The molecule has 0 aliphatic carbocycles. The van der Waals surface area contributed by atoms with Crippen LogP contribution < -0.4 is 16.7 Å². The maximum absolute atomic E-state index is 14.7. The summed E-state index contributed by atoms with van der Waals surface area (Å²) in [5, 5.41) is 1.08. The lowest BCUT2D eigenvalue weighted by molar-refractivity contribution is -0.201. The second kappa shape index (κ2) is 16.5. The number of nitrogens with two attached hydrogens (primary N) is 1. The number of aryl methyl sites for hydroxylation is 1. The van der Waals surface area contributed by atoms with Crippen LogP contribution in [-0.2, 0) is 33.7 Å². The van der Waals surface area contributed by atoms with E-state index in [4.69, 9.17) is 15.4 Å². The first-order chi connectivity index (χ1) is 22.2. The molecule has 1 unspecified atom stereocenters. The van der Waals surface area contributed by atoms with E-state index < -0.39 is 38.6 Å². The number of hydrogen-bond acceptors (Lipinski definition) is 7. The molecule has 0 radical (unpaired) electrons. The Bertz CT molecular complexity index is 1600. The largest absolute Gasteiger partial charge is 0.350 e. The van der Waals surface area contributed by atoms with Crippen LogP contribution in [0.4, 0.5) is 0 Å². The van der Waals surface area contributed by atoms with Gasteiger partial charge in [0.15, 0.2) is 20.9 Å². The Kier molecular flexibility index (Phi) is 12.4. The summed E-state index contributed by atoms with van der Waals surface area (Å²) in [6, 6.07) is 25.1. The highest BCUT2D eigenvalue weighted by atomic mass is 32.2. The second-order valence-electron chi connectivity index (χ2n) is 11.4. The third-order valence-corrected chi connectivity index (χ3v) is 10.3. The average molecular weight is 646 g/mol. The van der Waals surface area contributed by atoms with E-state index in [1.165, 1.54) is 0 Å². The fourth-order valence-corrected chi connectivity index (χ4v) is 7.75. The van der Waals surface area contributed by atoms with Crippen molar-refractivity contribution >= 4 is 33.3 Å². The van der Waals surface area contributed by atoms with Gasteiger partial charge in [0.1, 0.15) is 0 Å². The molecule has 3 aromatic rings. The second-order valence-corrected chi connectivity index (χ2v) is 13.4. The van der Waals surface area contributed by atoms with Crippen molar-refractivity contribution in [3.63, 3.8) is 0 Å². The number of carbonyl (C=O) groups excluding carboxylic acids is 2. The molecule has 1 aliphatic rings. The fraction of sp³-hybridized carbons (Fsp3) is 0.333. The van der Waals surface area contributed by atoms with E-state index >= 15 is 0 Å². The van der Waals surface area contributed by atoms with Crippen LogP contribution in [0.5, 0.6) is 0 Å². The van der Waals surface area contributed by atoms with Gasteiger partial charge in [-0.25, -0.2) is 24.6 Å². The van der Waals surface area contributed by atoms with Gasteiger partial charge in [0.25, 0.3) is 11.8 Å². The van der Waals surface area contributed by atoms with Crippen LogP contribution in [0, 0.1) is 12.8 Å². The number of nitrogens with one attached hydrogen (secondary N) is 2. The van der Waals surface area contributed by atoms with E-state index in [-0.39, 0.29) is 24.0 Å². The highest BCUT2D eigenvalue weighted by Crippen LogP contribution is 2.40. The molecule has 0 saturated carbocycles. The smallest absolute Gasteiger partial charge is 0.260 e. The van der Waals surface area contributed by atoms with Crippen molar-refractivity contribution in [3.8, 4) is 0 Å². The zero-order valence-corrected chi connectivity index (χ0v) is 27.2. The molecule has 1 saturated heterocycles. The van der Waals surface area contributed by atoms with Gasteiger partial charge in [0.05, 0.1) is 5.92 Å². The predicted molar refractivity (Wildman–Crippen MR) is 180 cm³/mol. The molecule has 1 fully saturated rings. The lowest BCUT2D eigenvalue weighted by atomic mass is 9.89. The van der Waals surface area contributed by atoms with E-state index in [2.05, 4.69) is 10.9 Å². The number of hydrogen-bond donors (Lipinski definition) is 3. The van der Waals surface area contributed by atoms with E-state index in [1.807, 2.05) is 61.5 Å². The number of carbonyl (C=O) groups is 2. The number of rotatable bonds is 14. The van der Waals surface area contributed by atoms with Gasteiger partial charge in [-0.15, -0.1) is 0 Å². The Hall–Kier alpha value is -4.09. The standard InChI is InChI=1S/C36H43N3O6S/c1-3-24-36(35(41)38-37,30-16-8-5-9-17-30)46(42,43)26-32(29-22-20-27(2)21-23-29)31(18-12-15-28-13-6-4-7-14-28)34(40)39-45-33-19-10-11-25-44-33/h4-9,12-17,20-23,26,31,33H,3,10-11,18-19,24-25,37H2,1-2H3,(H,38,41)(H,39,40)/b15-12+,32-26-/t31-,33?,36+/m0/s1. The van der Waals surface area contributed by atoms with Crippen LogP contribution in [0.25, 0.3) is 11.6 Å². The van der Waals surface area contributed by atoms with E-state index in [9.17, 15) is 18.0 Å². The normalized spacial score (nSPS) is 17.6. The first kappa shape index (κ1) is 34.8. The number of allylic oxidation sites excluding steroid dienone is 1. The summed E-state index contributed by atoms with van der Waals surface area (Å²) in [7, 11) is -4.48. The Morgan fingerprint density at radius 1 is 1.02 bits per heavy atom. The van der Waals surface area contributed by atoms with Crippen LogP contribution >= 0.6 is 0 Å². The molecule has 1 heterocycles. The molecule has 2 amide bonds. The first-order valence-electron chi connectivity index (χ1n) is 15.6. The lowest BCUT2D eigenvalue weighted by Crippen LogP contribution is -2.51. The molecule has 0 aromatic heterocycles. The third kappa shape index (κ3) is 8.38. The van der Waals surface area contributed by atoms with Crippen molar-refractivity contribution in [2.24, 2.45) is 11.8 Å². The van der Waals surface area contributed by atoms with Gasteiger partial charge in [-0.2, -0.15) is 0 Å². The van der Waals surface area contributed by atoms with Gasteiger partial charge in [0, 0.05) is 18.4 Å². The van der Waals surface area contributed by atoms with E-state index in [0.29, 0.717) is 25.0 Å². The van der Waals surface area contributed by atoms with Crippen LogP contribution in [0.15, 0.2) is 96.4 Å². The topological polar surface area (TPSA) is 137 Å². The van der Waals surface area contributed by atoms with Gasteiger partial charge in [-0.1, -0.05) is 116 Å². The van der Waals surface area contributed by atoms with Crippen LogP contribution in [0.1, 0.15) is 67.7 Å². The number of benzene rings is 3. The minimum atomic E-state index is -4.48. The lowest BCUT2D eigenvalue weighted by Gasteiger charge is -2.31. The monoisotopic (exact) mass is 645 g/mol. The van der Waals surface area contributed by atoms with Crippen molar-refractivity contribution in [2.75, 3.05) is 6.61 Å². The Morgan fingerprint density at radius 3 is 2.30 bits per heavy atom. The van der Waals surface area contributed by atoms with E-state index in [1.54, 1.807) is 49.4 Å². The van der Waals surface area contributed by atoms with Crippen molar-refractivity contribution in [1.82, 2.24) is 10.9 Å². The molecule has 46 heavy (non-hydrogen) atoms. The van der Waals surface area contributed by atoms with Gasteiger partial charge in [-0.05, 0) is 54.9 Å². The van der Waals surface area contributed by atoms with Crippen LogP contribution in [0.3, 0.4) is 0 Å². The summed E-state index contributed by atoms with van der Waals surface area (Å²) in [6.07, 6.45) is 6.01. The third-order valence-electron chi connectivity index (χ3n) is 8.10.